The molecule has 0 aliphatic rings. The molecule has 2 aromatic heterocycles. The van der Waals surface area contributed by atoms with Crippen LogP contribution < -0.4 is 0 Å². The van der Waals surface area contributed by atoms with Gasteiger partial charge < -0.3 is 9.30 Å². The van der Waals surface area contributed by atoms with Crippen LogP contribution in [0.3, 0.4) is 0 Å². The molecule has 0 saturated carbocycles. The van der Waals surface area contributed by atoms with E-state index in [2.05, 4.69) is 39.7 Å². The highest BCUT2D eigenvalue weighted by Crippen LogP contribution is 2.23. The van der Waals surface area contributed by atoms with Crippen LogP contribution in [0.4, 0.5) is 0 Å². The highest BCUT2D eigenvalue weighted by molar-refractivity contribution is 6.31. The minimum absolute atomic E-state index is 0.254. The molecular formula is C21H24ClN3O2. The Morgan fingerprint density at radius 1 is 1.19 bits per heavy atom. The Labute approximate surface area is 164 Å². The van der Waals surface area contributed by atoms with Gasteiger partial charge in [-0.3, -0.25) is 0 Å². The van der Waals surface area contributed by atoms with E-state index in [1.54, 1.807) is 6.07 Å². The lowest BCUT2D eigenvalue weighted by Crippen LogP contribution is -2.05. The molecule has 0 unspecified atom stereocenters. The number of nitrogens with zero attached hydrogens (tertiary/aromatic N) is 3. The summed E-state index contributed by atoms with van der Waals surface area (Å²) in [7, 11) is 1.34. The fraction of sp³-hybridized carbons (Fsp3) is 0.381. The van der Waals surface area contributed by atoms with Crippen molar-refractivity contribution in [1.82, 2.24) is 14.5 Å². The van der Waals surface area contributed by atoms with Crippen molar-refractivity contribution in [3.63, 3.8) is 0 Å². The van der Waals surface area contributed by atoms with Gasteiger partial charge in [0.05, 0.1) is 19.2 Å². The smallest absolute Gasteiger partial charge is 0.356 e. The molecule has 142 valence electrons. The van der Waals surface area contributed by atoms with Gasteiger partial charge in [-0.2, -0.15) is 0 Å². The molecule has 27 heavy (non-hydrogen) atoms. The zero-order valence-electron chi connectivity index (χ0n) is 16.0. The van der Waals surface area contributed by atoms with Crippen LogP contribution in [0.15, 0.2) is 30.3 Å². The molecule has 0 atom stereocenters. The molecule has 5 nitrogen and oxygen atoms in total. The summed E-state index contributed by atoms with van der Waals surface area (Å²) in [6.07, 6.45) is 4.69. The maximum Gasteiger partial charge on any atom is 0.356 e. The molecule has 0 radical (unpaired) electrons. The fourth-order valence-electron chi connectivity index (χ4n) is 3.16. The van der Waals surface area contributed by atoms with Gasteiger partial charge in [-0.15, -0.1) is 0 Å². The number of halogens is 1. The van der Waals surface area contributed by atoms with Crippen LogP contribution in [0, 0.1) is 6.92 Å². The molecule has 0 aliphatic heterocycles. The fourth-order valence-corrected chi connectivity index (χ4v) is 3.43. The number of aryl methyl sites for hydroxylation is 2. The summed E-state index contributed by atoms with van der Waals surface area (Å²) in [5, 5.41) is 0.768. The van der Waals surface area contributed by atoms with Gasteiger partial charge >= 0.3 is 5.97 Å². The van der Waals surface area contributed by atoms with E-state index >= 15 is 0 Å². The Balaban J connectivity index is 1.86. The SMILES string of the molecule is CCCCCc1ccc(Cn2c(C)nc3nc(C(=O)OC)ccc32)c(Cl)c1. The Kier molecular flexibility index (Phi) is 6.11. The molecule has 0 amide bonds. The van der Waals surface area contributed by atoms with E-state index in [0.29, 0.717) is 12.2 Å². The zero-order valence-corrected chi connectivity index (χ0v) is 16.7. The van der Waals surface area contributed by atoms with Gasteiger partial charge in [0.2, 0.25) is 0 Å². The molecule has 0 saturated heterocycles. The first-order chi connectivity index (χ1) is 13.0. The normalized spacial score (nSPS) is 11.1. The van der Waals surface area contributed by atoms with Crippen molar-refractivity contribution in [2.24, 2.45) is 0 Å². The van der Waals surface area contributed by atoms with E-state index in [4.69, 9.17) is 16.3 Å². The molecule has 1 aromatic carbocycles. The molecular weight excluding hydrogens is 362 g/mol. The number of hydrogen-bond acceptors (Lipinski definition) is 4. The third-order valence-corrected chi connectivity index (χ3v) is 5.06. The summed E-state index contributed by atoms with van der Waals surface area (Å²) in [5.41, 5.74) is 3.96. The summed E-state index contributed by atoms with van der Waals surface area (Å²) < 4.78 is 6.78. The Hall–Kier alpha value is -2.40. The van der Waals surface area contributed by atoms with Crippen molar-refractivity contribution in [1.29, 1.82) is 0 Å². The maximum atomic E-state index is 11.7. The molecule has 0 bridgehead atoms. The average molecular weight is 386 g/mol. The van der Waals surface area contributed by atoms with Crippen LogP contribution in [0.1, 0.15) is 53.6 Å². The number of carbonyl (C=O) groups is 1. The number of ether oxygens (including phenoxy) is 1. The predicted molar refractivity (Wildman–Crippen MR) is 107 cm³/mol. The van der Waals surface area contributed by atoms with Gasteiger partial charge in [0.15, 0.2) is 11.3 Å². The van der Waals surface area contributed by atoms with Crippen molar-refractivity contribution in [3.8, 4) is 0 Å². The maximum absolute atomic E-state index is 11.7. The lowest BCUT2D eigenvalue weighted by atomic mass is 10.1. The highest BCUT2D eigenvalue weighted by atomic mass is 35.5. The van der Waals surface area contributed by atoms with Crippen molar-refractivity contribution in [3.05, 3.63) is 58.0 Å². The van der Waals surface area contributed by atoms with Crippen molar-refractivity contribution < 1.29 is 9.53 Å². The standard InChI is InChI=1S/C21H24ClN3O2/c1-4-5-6-7-15-8-9-16(17(22)12-15)13-25-14(2)23-20-19(25)11-10-18(24-20)21(26)27-3/h8-12H,4-7,13H2,1-3H3. The van der Waals surface area contributed by atoms with Crippen LogP contribution in [0.5, 0.6) is 0 Å². The first kappa shape index (κ1) is 19.4. The van der Waals surface area contributed by atoms with E-state index < -0.39 is 5.97 Å². The third kappa shape index (κ3) is 4.30. The quantitative estimate of drug-likeness (QED) is 0.426. The number of methoxy groups -OCH3 is 1. The second-order valence-electron chi connectivity index (χ2n) is 6.66. The molecule has 3 rings (SSSR count). The Bertz CT molecular complexity index is 965. The summed E-state index contributed by atoms with van der Waals surface area (Å²) in [6, 6.07) is 9.81. The predicted octanol–water partition coefficient (Wildman–Crippen LogP) is 4.96. The van der Waals surface area contributed by atoms with Gasteiger partial charge in [-0.05, 0) is 49.1 Å². The molecule has 0 N–H and O–H groups in total. The van der Waals surface area contributed by atoms with Gasteiger partial charge in [0.1, 0.15) is 5.82 Å². The second kappa shape index (κ2) is 8.53. The largest absolute Gasteiger partial charge is 0.464 e. The van der Waals surface area contributed by atoms with Crippen LogP contribution in [0.25, 0.3) is 11.2 Å². The number of carbonyl (C=O) groups excluding carboxylic acids is 1. The number of aromatic nitrogens is 3. The number of hydrogen-bond donors (Lipinski definition) is 0. The lowest BCUT2D eigenvalue weighted by molar-refractivity contribution is 0.0594. The molecule has 3 aromatic rings. The van der Waals surface area contributed by atoms with Crippen molar-refractivity contribution in [2.75, 3.05) is 7.11 Å². The third-order valence-electron chi connectivity index (χ3n) is 4.71. The van der Waals surface area contributed by atoms with Gasteiger partial charge in [0, 0.05) is 5.02 Å². The number of fused-ring (bicyclic) bond motifs is 1. The molecule has 6 heteroatoms. The Morgan fingerprint density at radius 2 is 2.00 bits per heavy atom. The van der Waals surface area contributed by atoms with E-state index in [1.807, 2.05) is 13.0 Å². The summed E-state index contributed by atoms with van der Waals surface area (Å²) >= 11 is 6.54. The van der Waals surface area contributed by atoms with Gasteiger partial charge in [0.25, 0.3) is 0 Å². The number of esters is 1. The number of unbranched alkanes of at least 4 members (excludes halogenated alkanes) is 2. The second-order valence-corrected chi connectivity index (χ2v) is 7.07. The number of rotatable bonds is 7. The molecule has 0 spiro atoms. The van der Waals surface area contributed by atoms with Gasteiger partial charge in [-0.1, -0.05) is 43.5 Å². The first-order valence-corrected chi connectivity index (χ1v) is 9.60. The topological polar surface area (TPSA) is 57.0 Å². The number of imidazole rings is 1. The monoisotopic (exact) mass is 385 g/mol. The summed E-state index contributed by atoms with van der Waals surface area (Å²) in [5.74, 6) is 0.355. The summed E-state index contributed by atoms with van der Waals surface area (Å²) in [6.45, 7) is 4.74. The van der Waals surface area contributed by atoms with Crippen LogP contribution in [-0.4, -0.2) is 27.6 Å². The minimum atomic E-state index is -0.467. The van der Waals surface area contributed by atoms with Crippen LogP contribution in [0.2, 0.25) is 5.02 Å². The molecule has 0 fully saturated rings. The van der Waals surface area contributed by atoms with E-state index in [0.717, 1.165) is 28.3 Å². The zero-order chi connectivity index (χ0) is 19.4. The lowest BCUT2D eigenvalue weighted by Gasteiger charge is -2.10. The van der Waals surface area contributed by atoms with Crippen LogP contribution >= 0.6 is 11.6 Å². The number of benzene rings is 1. The first-order valence-electron chi connectivity index (χ1n) is 9.23. The van der Waals surface area contributed by atoms with Crippen LogP contribution in [-0.2, 0) is 17.7 Å². The van der Waals surface area contributed by atoms with Crippen molar-refractivity contribution >= 4 is 28.7 Å². The van der Waals surface area contributed by atoms with E-state index in [-0.39, 0.29) is 5.69 Å². The van der Waals surface area contributed by atoms with E-state index in [1.165, 1.54) is 31.9 Å². The Morgan fingerprint density at radius 3 is 2.70 bits per heavy atom. The van der Waals surface area contributed by atoms with Crippen molar-refractivity contribution in [2.45, 2.75) is 46.1 Å². The highest BCUT2D eigenvalue weighted by Gasteiger charge is 2.14. The van der Waals surface area contributed by atoms with Gasteiger partial charge in [-0.25, -0.2) is 14.8 Å². The minimum Gasteiger partial charge on any atom is -0.464 e. The molecule has 0 aliphatic carbocycles. The molecule has 2 heterocycles. The van der Waals surface area contributed by atoms with E-state index in [9.17, 15) is 4.79 Å². The summed E-state index contributed by atoms with van der Waals surface area (Å²) in [4.78, 5) is 20.5. The number of pyridine rings is 1. The average Bonchev–Trinajstić information content (AvgIpc) is 2.97.